The maximum atomic E-state index is 13.1. The van der Waals surface area contributed by atoms with Gasteiger partial charge in [-0.2, -0.15) is 4.98 Å². The van der Waals surface area contributed by atoms with Gasteiger partial charge < -0.3 is 18.9 Å². The van der Waals surface area contributed by atoms with Crippen molar-refractivity contribution in [2.45, 2.75) is 31.7 Å². The van der Waals surface area contributed by atoms with Crippen molar-refractivity contribution in [3.8, 4) is 22.9 Å². The molecule has 1 aromatic heterocycles. The molecule has 1 amide bonds. The van der Waals surface area contributed by atoms with Crippen molar-refractivity contribution >= 4 is 5.91 Å². The largest absolute Gasteiger partial charge is 0.493 e. The first-order valence-corrected chi connectivity index (χ1v) is 10.2. The van der Waals surface area contributed by atoms with Gasteiger partial charge in [-0.05, 0) is 54.8 Å². The van der Waals surface area contributed by atoms with Crippen LogP contribution in [0.1, 0.15) is 36.8 Å². The molecule has 0 unspecified atom stereocenters. The maximum Gasteiger partial charge on any atom is 0.227 e. The minimum absolute atomic E-state index is 0.00441. The number of carbonyl (C=O) groups excluding carboxylic acids is 1. The van der Waals surface area contributed by atoms with Crippen LogP contribution in [0.3, 0.4) is 0 Å². The number of halogens is 1. The molecule has 3 aromatic rings. The van der Waals surface area contributed by atoms with Crippen LogP contribution >= 0.6 is 0 Å². The molecule has 1 aliphatic heterocycles. The summed E-state index contributed by atoms with van der Waals surface area (Å²) in [7, 11) is 3.20. The van der Waals surface area contributed by atoms with E-state index in [-0.39, 0.29) is 24.2 Å². The Labute approximate surface area is 179 Å². The summed E-state index contributed by atoms with van der Waals surface area (Å²) in [5, 5.41) is 3.93. The predicted octanol–water partition coefficient (Wildman–Crippen LogP) is 4.19. The van der Waals surface area contributed by atoms with Gasteiger partial charge in [-0.25, -0.2) is 4.39 Å². The summed E-state index contributed by atoms with van der Waals surface area (Å²) in [6.45, 7) is 0.711. The van der Waals surface area contributed by atoms with E-state index in [1.54, 1.807) is 26.4 Å². The second-order valence-corrected chi connectivity index (χ2v) is 7.38. The molecule has 1 fully saturated rings. The zero-order valence-corrected chi connectivity index (χ0v) is 17.5. The minimum Gasteiger partial charge on any atom is -0.493 e. The molecule has 0 bridgehead atoms. The normalized spacial score (nSPS) is 15.8. The number of ether oxygens (including phenoxy) is 2. The quantitative estimate of drug-likeness (QED) is 0.565. The fraction of sp³-hybridized carbons (Fsp3) is 0.348. The zero-order valence-electron chi connectivity index (χ0n) is 17.5. The monoisotopic (exact) mass is 425 g/mol. The van der Waals surface area contributed by atoms with E-state index < -0.39 is 0 Å². The highest BCUT2D eigenvalue weighted by Gasteiger charge is 2.30. The molecule has 1 saturated heterocycles. The Morgan fingerprint density at radius 1 is 1.16 bits per heavy atom. The molecule has 31 heavy (non-hydrogen) atoms. The third-order valence-electron chi connectivity index (χ3n) is 5.49. The minimum atomic E-state index is -0.326. The van der Waals surface area contributed by atoms with Crippen LogP contribution in [0.25, 0.3) is 11.4 Å². The summed E-state index contributed by atoms with van der Waals surface area (Å²) < 4.78 is 29.1. The molecule has 1 atom stereocenters. The zero-order chi connectivity index (χ0) is 21.8. The average molecular weight is 425 g/mol. The van der Waals surface area contributed by atoms with E-state index in [0.717, 1.165) is 18.4 Å². The number of amides is 1. The Kier molecular flexibility index (Phi) is 6.16. The number of carbonyl (C=O) groups is 1. The van der Waals surface area contributed by atoms with Gasteiger partial charge in [0, 0.05) is 24.9 Å². The first-order chi connectivity index (χ1) is 15.1. The van der Waals surface area contributed by atoms with Crippen molar-refractivity contribution < 1.29 is 23.2 Å². The van der Waals surface area contributed by atoms with E-state index in [1.165, 1.54) is 12.1 Å². The van der Waals surface area contributed by atoms with E-state index in [4.69, 9.17) is 14.0 Å². The summed E-state index contributed by atoms with van der Waals surface area (Å²) in [6.07, 6.45) is 2.47. The summed E-state index contributed by atoms with van der Waals surface area (Å²) in [5.74, 6) is 1.79. The fourth-order valence-electron chi connectivity index (χ4n) is 3.90. The molecule has 0 N–H and O–H groups in total. The van der Waals surface area contributed by atoms with Crippen molar-refractivity contribution in [1.82, 2.24) is 15.0 Å². The Morgan fingerprint density at radius 2 is 1.94 bits per heavy atom. The van der Waals surface area contributed by atoms with Crippen LogP contribution in [-0.2, 0) is 11.2 Å². The van der Waals surface area contributed by atoms with Gasteiger partial charge in [0.1, 0.15) is 5.82 Å². The second kappa shape index (κ2) is 9.16. The molecule has 4 rings (SSSR count). The third-order valence-corrected chi connectivity index (χ3v) is 5.49. The Morgan fingerprint density at radius 3 is 2.68 bits per heavy atom. The van der Waals surface area contributed by atoms with Gasteiger partial charge in [0.2, 0.25) is 17.6 Å². The van der Waals surface area contributed by atoms with Crippen molar-refractivity contribution in [2.75, 3.05) is 20.8 Å². The number of benzene rings is 2. The highest BCUT2D eigenvalue weighted by Crippen LogP contribution is 2.37. The highest BCUT2D eigenvalue weighted by atomic mass is 19.1. The van der Waals surface area contributed by atoms with E-state index in [2.05, 4.69) is 10.1 Å². The molecule has 0 spiro atoms. The topological polar surface area (TPSA) is 77.7 Å². The molecule has 2 heterocycles. The lowest BCUT2D eigenvalue weighted by molar-refractivity contribution is -0.132. The van der Waals surface area contributed by atoms with Crippen molar-refractivity contribution in [2.24, 2.45) is 0 Å². The highest BCUT2D eigenvalue weighted by molar-refractivity contribution is 5.77. The van der Waals surface area contributed by atoms with Gasteiger partial charge in [-0.15, -0.1) is 0 Å². The van der Waals surface area contributed by atoms with Crippen molar-refractivity contribution in [3.05, 3.63) is 59.7 Å². The van der Waals surface area contributed by atoms with Gasteiger partial charge in [-0.3, -0.25) is 4.79 Å². The molecular weight excluding hydrogens is 401 g/mol. The number of aryl methyl sites for hydroxylation is 1. The molecule has 0 aliphatic carbocycles. The summed E-state index contributed by atoms with van der Waals surface area (Å²) in [6, 6.07) is 11.6. The van der Waals surface area contributed by atoms with Crippen molar-refractivity contribution in [3.63, 3.8) is 0 Å². The van der Waals surface area contributed by atoms with Crippen LogP contribution in [0, 0.1) is 5.82 Å². The number of methoxy groups -OCH3 is 2. The lowest BCUT2D eigenvalue weighted by Crippen LogP contribution is -2.30. The van der Waals surface area contributed by atoms with E-state index in [0.29, 0.717) is 41.7 Å². The van der Waals surface area contributed by atoms with Gasteiger partial charge in [0.25, 0.3) is 0 Å². The van der Waals surface area contributed by atoms with Crippen LogP contribution in [0.2, 0.25) is 0 Å². The SMILES string of the molecule is COc1ccc([C@@H]2CCCN2C(=O)CCc2nc(-c3ccc(F)cc3)no2)cc1OC. The summed E-state index contributed by atoms with van der Waals surface area (Å²) in [5.41, 5.74) is 1.69. The predicted molar refractivity (Wildman–Crippen MR) is 111 cm³/mol. The Hall–Kier alpha value is -3.42. The number of likely N-dealkylation sites (tertiary alicyclic amines) is 1. The van der Waals surface area contributed by atoms with Crippen LogP contribution in [0.15, 0.2) is 47.0 Å². The first-order valence-electron chi connectivity index (χ1n) is 10.2. The van der Waals surface area contributed by atoms with Crippen LogP contribution < -0.4 is 9.47 Å². The lowest BCUT2D eigenvalue weighted by Gasteiger charge is -2.25. The van der Waals surface area contributed by atoms with Crippen LogP contribution in [0.5, 0.6) is 11.5 Å². The maximum absolute atomic E-state index is 13.1. The molecule has 8 heteroatoms. The smallest absolute Gasteiger partial charge is 0.227 e. The Bertz CT molecular complexity index is 1050. The molecule has 7 nitrogen and oxygen atoms in total. The summed E-state index contributed by atoms with van der Waals surface area (Å²) >= 11 is 0. The molecule has 0 saturated carbocycles. The Balaban J connectivity index is 1.41. The van der Waals surface area contributed by atoms with E-state index in [1.807, 2.05) is 23.1 Å². The number of hydrogen-bond acceptors (Lipinski definition) is 6. The first kappa shape index (κ1) is 20.8. The van der Waals surface area contributed by atoms with Gasteiger partial charge in [0.05, 0.1) is 20.3 Å². The van der Waals surface area contributed by atoms with Crippen LogP contribution in [0.4, 0.5) is 4.39 Å². The molecule has 0 radical (unpaired) electrons. The second-order valence-electron chi connectivity index (χ2n) is 7.38. The third kappa shape index (κ3) is 4.52. The molecular formula is C23H24FN3O4. The molecule has 162 valence electrons. The number of aromatic nitrogens is 2. The average Bonchev–Trinajstić information content (AvgIpc) is 3.47. The number of nitrogens with zero attached hydrogens (tertiary/aromatic N) is 3. The van der Waals surface area contributed by atoms with Crippen molar-refractivity contribution in [1.29, 1.82) is 0 Å². The van der Waals surface area contributed by atoms with E-state index >= 15 is 0 Å². The fourth-order valence-corrected chi connectivity index (χ4v) is 3.90. The standard InChI is InChI=1S/C23H24FN3O4/c1-29-19-10-7-16(14-20(19)30-2)18-4-3-13-27(18)22(28)12-11-21-25-23(26-31-21)15-5-8-17(24)9-6-15/h5-10,14,18H,3-4,11-13H2,1-2H3/t18-/m0/s1. The van der Waals surface area contributed by atoms with Gasteiger partial charge in [0.15, 0.2) is 11.5 Å². The lowest BCUT2D eigenvalue weighted by atomic mass is 10.0. The number of rotatable bonds is 7. The molecule has 1 aliphatic rings. The van der Waals surface area contributed by atoms with Gasteiger partial charge in [-0.1, -0.05) is 11.2 Å². The van der Waals surface area contributed by atoms with Crippen LogP contribution in [-0.4, -0.2) is 41.7 Å². The van der Waals surface area contributed by atoms with E-state index in [9.17, 15) is 9.18 Å². The molecule has 2 aromatic carbocycles. The number of hydrogen-bond donors (Lipinski definition) is 0. The summed E-state index contributed by atoms with van der Waals surface area (Å²) in [4.78, 5) is 19.2. The van der Waals surface area contributed by atoms with Gasteiger partial charge >= 0.3 is 0 Å².